The Morgan fingerprint density at radius 3 is 2.44 bits per heavy atom. The van der Waals surface area contributed by atoms with Crippen LogP contribution in [-0.4, -0.2) is 54.7 Å². The molecule has 0 unspecified atom stereocenters. The first-order valence-electron chi connectivity index (χ1n) is 12.3. The molecule has 170 valence electrons. The summed E-state index contributed by atoms with van der Waals surface area (Å²) in [4.78, 5) is 19.7. The maximum atomic E-state index is 12.6. The molecule has 1 saturated heterocycles. The highest BCUT2D eigenvalue weighted by Gasteiger charge is 2.26. The molecule has 0 atom stereocenters. The number of nitrogens with zero attached hydrogens (tertiary/aromatic N) is 3. The van der Waals surface area contributed by atoms with Crippen LogP contribution < -0.4 is 4.90 Å². The van der Waals surface area contributed by atoms with E-state index in [0.717, 1.165) is 37.7 Å². The van der Waals surface area contributed by atoms with Gasteiger partial charge in [-0.25, -0.2) is 4.79 Å². The molecule has 32 heavy (non-hydrogen) atoms. The minimum atomic E-state index is -0.217. The van der Waals surface area contributed by atoms with Crippen molar-refractivity contribution < 1.29 is 9.53 Å². The Labute approximate surface area is 191 Å². The lowest BCUT2D eigenvalue weighted by Crippen LogP contribution is -2.50. The third-order valence-corrected chi connectivity index (χ3v) is 7.44. The van der Waals surface area contributed by atoms with E-state index >= 15 is 0 Å². The molecule has 2 fully saturated rings. The summed E-state index contributed by atoms with van der Waals surface area (Å²) >= 11 is 0. The monoisotopic (exact) mass is 433 g/mol. The summed E-state index contributed by atoms with van der Waals surface area (Å²) < 4.78 is 5.57. The van der Waals surface area contributed by atoms with E-state index in [1.165, 1.54) is 62.0 Å². The summed E-state index contributed by atoms with van der Waals surface area (Å²) in [7, 11) is 0. The Bertz CT molecular complexity index is 902. The van der Waals surface area contributed by atoms with Gasteiger partial charge in [0.15, 0.2) is 0 Å². The fraction of sp³-hybridized carbons (Fsp3) is 0.519. The lowest BCUT2D eigenvalue weighted by molar-refractivity contribution is 0.0918. The zero-order valence-corrected chi connectivity index (χ0v) is 19.0. The Balaban J connectivity index is 1.17. The van der Waals surface area contributed by atoms with Crippen molar-refractivity contribution in [3.05, 3.63) is 65.2 Å². The van der Waals surface area contributed by atoms with Crippen molar-refractivity contribution in [3.8, 4) is 0 Å². The maximum Gasteiger partial charge on any atom is 0.410 e. The molecule has 5 heteroatoms. The molecule has 0 spiro atoms. The van der Waals surface area contributed by atoms with Crippen molar-refractivity contribution in [1.29, 1.82) is 0 Å². The number of hydrogen-bond acceptors (Lipinski definition) is 4. The van der Waals surface area contributed by atoms with Gasteiger partial charge in [-0.15, -0.1) is 0 Å². The molecule has 5 nitrogen and oxygen atoms in total. The first-order chi connectivity index (χ1) is 15.8. The number of anilines is 1. The molecule has 0 N–H and O–H groups in total. The average Bonchev–Trinajstić information content (AvgIpc) is 2.88. The van der Waals surface area contributed by atoms with Crippen molar-refractivity contribution in [3.63, 3.8) is 0 Å². The van der Waals surface area contributed by atoms with Crippen molar-refractivity contribution in [1.82, 2.24) is 9.80 Å². The molecule has 0 aromatic heterocycles. The van der Waals surface area contributed by atoms with Crippen LogP contribution in [0.15, 0.2) is 48.5 Å². The Hall–Kier alpha value is -2.53. The summed E-state index contributed by atoms with van der Waals surface area (Å²) in [5, 5.41) is 0. The van der Waals surface area contributed by atoms with E-state index in [-0.39, 0.29) is 6.09 Å². The van der Waals surface area contributed by atoms with Gasteiger partial charge in [-0.3, -0.25) is 4.90 Å². The number of rotatable bonds is 4. The van der Waals surface area contributed by atoms with Gasteiger partial charge in [0.2, 0.25) is 0 Å². The SMILES string of the molecule is O=C(OCc1ccccc1)N1CCc2ccc(N3CCN(C4CCCCC4)CC3)cc2C1. The van der Waals surface area contributed by atoms with Gasteiger partial charge >= 0.3 is 6.09 Å². The van der Waals surface area contributed by atoms with Crippen LogP contribution in [0, 0.1) is 0 Å². The molecule has 0 bridgehead atoms. The normalized spacial score (nSPS) is 20.1. The zero-order valence-electron chi connectivity index (χ0n) is 19.0. The van der Waals surface area contributed by atoms with E-state index in [2.05, 4.69) is 28.0 Å². The number of benzene rings is 2. The van der Waals surface area contributed by atoms with E-state index in [1.54, 1.807) is 0 Å². The molecule has 1 amide bonds. The van der Waals surface area contributed by atoms with Gasteiger partial charge in [-0.1, -0.05) is 55.7 Å². The Morgan fingerprint density at radius 1 is 0.875 bits per heavy atom. The van der Waals surface area contributed by atoms with Gasteiger partial charge < -0.3 is 14.5 Å². The van der Waals surface area contributed by atoms with E-state index < -0.39 is 0 Å². The smallest absolute Gasteiger partial charge is 0.410 e. The molecular weight excluding hydrogens is 398 g/mol. The summed E-state index contributed by atoms with van der Waals surface area (Å²) in [6.45, 7) is 6.21. The number of piperazine rings is 1. The summed E-state index contributed by atoms with van der Waals surface area (Å²) in [5.74, 6) is 0. The van der Waals surface area contributed by atoms with Gasteiger partial charge in [0, 0.05) is 51.0 Å². The third kappa shape index (κ3) is 4.93. The van der Waals surface area contributed by atoms with Crippen molar-refractivity contribution in [2.24, 2.45) is 0 Å². The third-order valence-electron chi connectivity index (χ3n) is 7.44. The topological polar surface area (TPSA) is 36.0 Å². The fourth-order valence-electron chi connectivity index (χ4n) is 5.50. The van der Waals surface area contributed by atoms with Crippen LogP contribution in [0.4, 0.5) is 10.5 Å². The molecular formula is C27H35N3O2. The summed E-state index contributed by atoms with van der Waals surface area (Å²) in [5.41, 5.74) is 4.95. The second-order valence-electron chi connectivity index (χ2n) is 9.48. The van der Waals surface area contributed by atoms with Crippen LogP contribution in [0.3, 0.4) is 0 Å². The molecule has 1 saturated carbocycles. The molecule has 2 aromatic rings. The van der Waals surface area contributed by atoms with Crippen molar-refractivity contribution in [2.75, 3.05) is 37.6 Å². The second-order valence-corrected chi connectivity index (χ2v) is 9.48. The van der Waals surface area contributed by atoms with Gasteiger partial charge in [0.25, 0.3) is 0 Å². The van der Waals surface area contributed by atoms with Gasteiger partial charge in [0.1, 0.15) is 6.61 Å². The van der Waals surface area contributed by atoms with Crippen LogP contribution in [0.5, 0.6) is 0 Å². The lowest BCUT2D eigenvalue weighted by atomic mass is 9.93. The molecule has 2 aliphatic heterocycles. The average molecular weight is 434 g/mol. The molecule has 5 rings (SSSR count). The number of ether oxygens (including phenoxy) is 1. The van der Waals surface area contributed by atoms with E-state index in [0.29, 0.717) is 13.2 Å². The number of carbonyl (C=O) groups excluding carboxylic acids is 1. The number of carbonyl (C=O) groups is 1. The zero-order chi connectivity index (χ0) is 21.8. The van der Waals surface area contributed by atoms with E-state index in [4.69, 9.17) is 4.74 Å². The summed E-state index contributed by atoms with van der Waals surface area (Å²) in [6.07, 6.45) is 7.67. The first kappa shape index (κ1) is 21.3. The molecule has 1 aliphatic carbocycles. The predicted octanol–water partition coefficient (Wildman–Crippen LogP) is 4.84. The van der Waals surface area contributed by atoms with Crippen molar-refractivity contribution in [2.45, 2.75) is 57.7 Å². The number of amides is 1. The molecule has 2 heterocycles. The second kappa shape index (κ2) is 9.95. The highest BCUT2D eigenvalue weighted by atomic mass is 16.6. The van der Waals surface area contributed by atoms with Gasteiger partial charge in [-0.05, 0) is 48.1 Å². The Morgan fingerprint density at radius 2 is 1.66 bits per heavy atom. The highest BCUT2D eigenvalue weighted by molar-refractivity contribution is 5.68. The van der Waals surface area contributed by atoms with E-state index in [9.17, 15) is 4.79 Å². The van der Waals surface area contributed by atoms with Crippen molar-refractivity contribution >= 4 is 11.8 Å². The lowest BCUT2D eigenvalue weighted by Gasteiger charge is -2.42. The largest absolute Gasteiger partial charge is 0.445 e. The predicted molar refractivity (Wildman–Crippen MR) is 128 cm³/mol. The van der Waals surface area contributed by atoms with Crippen LogP contribution in [0.25, 0.3) is 0 Å². The number of hydrogen-bond donors (Lipinski definition) is 0. The quantitative estimate of drug-likeness (QED) is 0.692. The van der Waals surface area contributed by atoms with Crippen LogP contribution in [0.2, 0.25) is 0 Å². The fourth-order valence-corrected chi connectivity index (χ4v) is 5.50. The van der Waals surface area contributed by atoms with Gasteiger partial charge in [-0.2, -0.15) is 0 Å². The maximum absolute atomic E-state index is 12.6. The summed E-state index contributed by atoms with van der Waals surface area (Å²) in [6, 6.07) is 17.5. The standard InChI is InChI=1S/C27H35N3O2/c31-27(32-21-22-7-3-1-4-8-22)30-14-13-23-11-12-26(19-24(23)20-30)29-17-15-28(16-18-29)25-9-5-2-6-10-25/h1,3-4,7-8,11-12,19,25H,2,5-6,9-10,13-18,20-21H2. The van der Waals surface area contributed by atoms with Gasteiger partial charge in [0.05, 0.1) is 0 Å². The minimum Gasteiger partial charge on any atom is -0.445 e. The Kier molecular flexibility index (Phi) is 6.63. The molecule has 3 aliphatic rings. The number of fused-ring (bicyclic) bond motifs is 1. The van der Waals surface area contributed by atoms with E-state index in [1.807, 2.05) is 35.2 Å². The van der Waals surface area contributed by atoms with Crippen LogP contribution >= 0.6 is 0 Å². The molecule has 0 radical (unpaired) electrons. The first-order valence-corrected chi connectivity index (χ1v) is 12.3. The van der Waals surface area contributed by atoms with Crippen LogP contribution in [-0.2, 0) is 24.3 Å². The minimum absolute atomic E-state index is 0.217. The highest BCUT2D eigenvalue weighted by Crippen LogP contribution is 2.28. The van der Waals surface area contributed by atoms with Crippen LogP contribution in [0.1, 0.15) is 48.8 Å². The molecule has 2 aromatic carbocycles.